The number of carbonyl (C=O) groups excluding carboxylic acids is 1. The zero-order chi connectivity index (χ0) is 19.8. The first-order chi connectivity index (χ1) is 13.4. The Labute approximate surface area is 163 Å². The number of piperidine rings is 1. The molecule has 1 saturated heterocycles. The fourth-order valence-corrected chi connectivity index (χ4v) is 3.96. The van der Waals surface area contributed by atoms with E-state index >= 15 is 0 Å². The Balaban J connectivity index is 1.53. The molecule has 4 heterocycles. The third kappa shape index (κ3) is 3.32. The van der Waals surface area contributed by atoms with Crippen molar-refractivity contribution in [1.29, 1.82) is 0 Å². The highest BCUT2D eigenvalue weighted by Gasteiger charge is 2.26. The number of nitrogens with one attached hydrogen (secondary N) is 1. The SMILES string of the molecule is Cc1nn(CC(=O)N2CCC[C@@H](c3cc4cccnc4c(=O)[nH]3)C2)c(C)c1C. The van der Waals surface area contributed by atoms with Gasteiger partial charge in [-0.25, -0.2) is 0 Å². The first-order valence-electron chi connectivity index (χ1n) is 9.70. The summed E-state index contributed by atoms with van der Waals surface area (Å²) >= 11 is 0. The van der Waals surface area contributed by atoms with E-state index in [1.165, 1.54) is 0 Å². The molecule has 0 saturated carbocycles. The predicted molar refractivity (Wildman–Crippen MR) is 107 cm³/mol. The van der Waals surface area contributed by atoms with Crippen molar-refractivity contribution >= 4 is 16.8 Å². The predicted octanol–water partition coefficient (Wildman–Crippen LogP) is 2.45. The highest BCUT2D eigenvalue weighted by Crippen LogP contribution is 2.26. The van der Waals surface area contributed by atoms with E-state index in [0.29, 0.717) is 12.1 Å². The molecule has 0 radical (unpaired) electrons. The largest absolute Gasteiger partial charge is 0.340 e. The average molecular weight is 379 g/mol. The number of hydrogen-bond donors (Lipinski definition) is 1. The van der Waals surface area contributed by atoms with E-state index < -0.39 is 0 Å². The maximum atomic E-state index is 12.9. The van der Waals surface area contributed by atoms with E-state index in [0.717, 1.165) is 47.4 Å². The molecule has 0 unspecified atom stereocenters. The van der Waals surface area contributed by atoms with Crippen LogP contribution in [0.15, 0.2) is 29.2 Å². The molecule has 0 aliphatic carbocycles. The van der Waals surface area contributed by atoms with E-state index in [4.69, 9.17) is 0 Å². The van der Waals surface area contributed by atoms with Gasteiger partial charge in [0.25, 0.3) is 5.56 Å². The van der Waals surface area contributed by atoms with E-state index in [1.54, 1.807) is 10.9 Å². The Morgan fingerprint density at radius 1 is 1.32 bits per heavy atom. The van der Waals surface area contributed by atoms with Gasteiger partial charge in [-0.2, -0.15) is 5.10 Å². The Kier molecular flexibility index (Phi) is 4.75. The first kappa shape index (κ1) is 18.4. The number of pyridine rings is 2. The van der Waals surface area contributed by atoms with Crippen molar-refractivity contribution in [3.05, 3.63) is 57.4 Å². The van der Waals surface area contributed by atoms with E-state index in [1.807, 2.05) is 43.9 Å². The molecule has 1 amide bonds. The summed E-state index contributed by atoms with van der Waals surface area (Å²) in [6.45, 7) is 7.60. The lowest BCUT2D eigenvalue weighted by Crippen LogP contribution is -2.41. The van der Waals surface area contributed by atoms with Gasteiger partial charge in [0, 0.05) is 42.0 Å². The van der Waals surface area contributed by atoms with Crippen molar-refractivity contribution in [1.82, 2.24) is 24.6 Å². The summed E-state index contributed by atoms with van der Waals surface area (Å²) < 4.78 is 1.79. The number of aromatic amines is 1. The summed E-state index contributed by atoms with van der Waals surface area (Å²) in [5.41, 5.74) is 4.29. The Morgan fingerprint density at radius 2 is 2.14 bits per heavy atom. The van der Waals surface area contributed by atoms with Crippen LogP contribution in [0.25, 0.3) is 10.9 Å². The summed E-state index contributed by atoms with van der Waals surface area (Å²) in [7, 11) is 0. The van der Waals surface area contributed by atoms with Crippen molar-refractivity contribution in [2.45, 2.75) is 46.1 Å². The molecule has 1 atom stereocenters. The second-order valence-corrected chi connectivity index (χ2v) is 7.63. The van der Waals surface area contributed by atoms with Crippen molar-refractivity contribution in [3.8, 4) is 0 Å². The van der Waals surface area contributed by atoms with Gasteiger partial charge in [-0.05, 0) is 51.3 Å². The first-order valence-corrected chi connectivity index (χ1v) is 9.70. The number of likely N-dealkylation sites (tertiary alicyclic amines) is 1. The lowest BCUT2D eigenvalue weighted by molar-refractivity contribution is -0.133. The fraction of sp³-hybridized carbons (Fsp3) is 0.429. The number of fused-ring (bicyclic) bond motifs is 1. The summed E-state index contributed by atoms with van der Waals surface area (Å²) in [5.74, 6) is 0.192. The van der Waals surface area contributed by atoms with Gasteiger partial charge >= 0.3 is 0 Å². The third-order valence-corrected chi connectivity index (χ3v) is 5.87. The molecule has 146 valence electrons. The zero-order valence-corrected chi connectivity index (χ0v) is 16.5. The lowest BCUT2D eigenvalue weighted by Gasteiger charge is -2.33. The Morgan fingerprint density at radius 3 is 2.89 bits per heavy atom. The third-order valence-electron chi connectivity index (χ3n) is 5.87. The molecule has 7 nitrogen and oxygen atoms in total. The summed E-state index contributed by atoms with van der Waals surface area (Å²) in [4.78, 5) is 34.3. The molecule has 0 bridgehead atoms. The molecule has 0 spiro atoms. The molecule has 3 aromatic rings. The van der Waals surface area contributed by atoms with Gasteiger partial charge in [0.1, 0.15) is 12.1 Å². The second kappa shape index (κ2) is 7.22. The van der Waals surface area contributed by atoms with Gasteiger partial charge in [0.05, 0.1) is 5.69 Å². The molecular weight excluding hydrogens is 354 g/mol. The lowest BCUT2D eigenvalue weighted by atomic mass is 9.93. The molecule has 4 rings (SSSR count). The van der Waals surface area contributed by atoms with Gasteiger partial charge < -0.3 is 9.88 Å². The monoisotopic (exact) mass is 379 g/mol. The summed E-state index contributed by atoms with van der Waals surface area (Å²) in [6, 6.07) is 5.73. The fourth-order valence-electron chi connectivity index (χ4n) is 3.96. The number of hydrogen-bond acceptors (Lipinski definition) is 4. The smallest absolute Gasteiger partial charge is 0.274 e. The molecule has 1 aliphatic heterocycles. The maximum absolute atomic E-state index is 12.9. The van der Waals surface area contributed by atoms with Crippen LogP contribution in [0.5, 0.6) is 0 Å². The van der Waals surface area contributed by atoms with Crippen LogP contribution in [0.4, 0.5) is 0 Å². The Bertz CT molecular complexity index is 1100. The minimum absolute atomic E-state index is 0.0695. The van der Waals surface area contributed by atoms with Crippen LogP contribution in [0.2, 0.25) is 0 Å². The number of carbonyl (C=O) groups is 1. The average Bonchev–Trinajstić information content (AvgIpc) is 2.94. The number of nitrogens with zero attached hydrogens (tertiary/aromatic N) is 4. The van der Waals surface area contributed by atoms with Gasteiger partial charge in [-0.1, -0.05) is 6.07 Å². The van der Waals surface area contributed by atoms with Crippen molar-refractivity contribution in [3.63, 3.8) is 0 Å². The van der Waals surface area contributed by atoms with Crippen molar-refractivity contribution in [2.24, 2.45) is 0 Å². The normalized spacial score (nSPS) is 17.2. The zero-order valence-electron chi connectivity index (χ0n) is 16.5. The van der Waals surface area contributed by atoms with E-state index in [9.17, 15) is 9.59 Å². The maximum Gasteiger partial charge on any atom is 0.274 e. The molecular formula is C21H25N5O2. The molecule has 1 N–H and O–H groups in total. The van der Waals surface area contributed by atoms with Crippen LogP contribution in [0.1, 0.15) is 41.4 Å². The number of aryl methyl sites for hydroxylation is 1. The van der Waals surface area contributed by atoms with Crippen LogP contribution < -0.4 is 5.56 Å². The summed E-state index contributed by atoms with van der Waals surface area (Å²) in [6.07, 6.45) is 3.49. The standard InChI is InChI=1S/C21H25N5O2/c1-13-14(2)24-26(15(13)3)12-19(27)25-9-5-7-17(11-25)18-10-16-6-4-8-22-20(16)21(28)23-18/h4,6,8,10,17H,5,7,9,11-12H2,1-3H3,(H,23,28)/t17-/m1/s1. The highest BCUT2D eigenvalue weighted by atomic mass is 16.2. The van der Waals surface area contributed by atoms with E-state index in [-0.39, 0.29) is 23.9 Å². The van der Waals surface area contributed by atoms with Crippen LogP contribution in [0.3, 0.4) is 0 Å². The van der Waals surface area contributed by atoms with Gasteiger partial charge in [-0.15, -0.1) is 0 Å². The van der Waals surface area contributed by atoms with Crippen LogP contribution in [-0.2, 0) is 11.3 Å². The molecule has 0 aromatic carbocycles. The van der Waals surface area contributed by atoms with Crippen molar-refractivity contribution in [2.75, 3.05) is 13.1 Å². The molecule has 1 aliphatic rings. The number of amides is 1. The highest BCUT2D eigenvalue weighted by molar-refractivity contribution is 5.78. The summed E-state index contributed by atoms with van der Waals surface area (Å²) in [5, 5.41) is 5.32. The molecule has 7 heteroatoms. The minimum atomic E-state index is -0.172. The van der Waals surface area contributed by atoms with E-state index in [2.05, 4.69) is 15.1 Å². The second-order valence-electron chi connectivity index (χ2n) is 7.63. The molecule has 28 heavy (non-hydrogen) atoms. The quantitative estimate of drug-likeness (QED) is 0.758. The topological polar surface area (TPSA) is 83.9 Å². The number of H-pyrrole nitrogens is 1. The molecule has 1 fully saturated rings. The van der Waals surface area contributed by atoms with Gasteiger partial charge in [0.2, 0.25) is 5.91 Å². The number of rotatable bonds is 3. The molecule has 3 aromatic heterocycles. The number of aromatic nitrogens is 4. The van der Waals surface area contributed by atoms with Crippen LogP contribution in [-0.4, -0.2) is 43.6 Å². The van der Waals surface area contributed by atoms with Crippen LogP contribution >= 0.6 is 0 Å². The Hall–Kier alpha value is -2.96. The van der Waals surface area contributed by atoms with Crippen molar-refractivity contribution < 1.29 is 4.79 Å². The van der Waals surface area contributed by atoms with Crippen LogP contribution in [0, 0.1) is 20.8 Å². The van der Waals surface area contributed by atoms with Gasteiger partial charge in [-0.3, -0.25) is 19.3 Å². The van der Waals surface area contributed by atoms with Gasteiger partial charge in [0.15, 0.2) is 0 Å². The minimum Gasteiger partial charge on any atom is -0.340 e.